The summed E-state index contributed by atoms with van der Waals surface area (Å²) in [5.41, 5.74) is 0. The van der Waals surface area contributed by atoms with Crippen LogP contribution in [0, 0.1) is 0 Å². The lowest BCUT2D eigenvalue weighted by Crippen LogP contribution is -2.44. The maximum absolute atomic E-state index is 12.2. The molecule has 3 rings (SSSR count). The summed E-state index contributed by atoms with van der Waals surface area (Å²) >= 11 is 0. The molecule has 2 aliphatic heterocycles. The zero-order chi connectivity index (χ0) is 13.8. The maximum atomic E-state index is 12.2. The highest BCUT2D eigenvalue weighted by molar-refractivity contribution is 5.78. The van der Waals surface area contributed by atoms with Gasteiger partial charge in [-0.25, -0.2) is 0 Å². The van der Waals surface area contributed by atoms with E-state index in [0.717, 1.165) is 13.1 Å². The van der Waals surface area contributed by atoms with Crippen LogP contribution < -0.4 is 10.6 Å². The average molecular weight is 279 g/mol. The molecule has 3 fully saturated rings. The topological polar surface area (TPSA) is 44.4 Å². The summed E-state index contributed by atoms with van der Waals surface area (Å²) in [5.74, 6) is 0.245. The quantitative estimate of drug-likeness (QED) is 0.772. The Balaban J connectivity index is 1.43. The lowest BCUT2D eigenvalue weighted by Gasteiger charge is -2.24. The minimum Gasteiger partial charge on any atom is -0.352 e. The second-order valence-electron chi connectivity index (χ2n) is 6.92. The number of nitrogens with zero attached hydrogens (tertiary/aromatic N) is 1. The van der Waals surface area contributed by atoms with Gasteiger partial charge in [0.1, 0.15) is 0 Å². The van der Waals surface area contributed by atoms with E-state index in [9.17, 15) is 4.79 Å². The number of nitrogens with one attached hydrogen (secondary N) is 2. The Labute approximate surface area is 122 Å². The van der Waals surface area contributed by atoms with Crippen LogP contribution in [0.4, 0.5) is 0 Å². The largest absolute Gasteiger partial charge is 0.352 e. The minimum absolute atomic E-state index is 0.245. The number of amides is 1. The second-order valence-corrected chi connectivity index (χ2v) is 6.92. The summed E-state index contributed by atoms with van der Waals surface area (Å²) in [7, 11) is 0. The van der Waals surface area contributed by atoms with E-state index in [1.54, 1.807) is 0 Å². The van der Waals surface area contributed by atoms with Crippen molar-refractivity contribution < 1.29 is 4.79 Å². The molecule has 2 bridgehead atoms. The first-order chi connectivity index (χ1) is 9.79. The van der Waals surface area contributed by atoms with Crippen LogP contribution in [0.2, 0.25) is 0 Å². The van der Waals surface area contributed by atoms with Gasteiger partial charge in [0.15, 0.2) is 0 Å². The molecule has 114 valence electrons. The molecule has 0 aromatic rings. The van der Waals surface area contributed by atoms with Crippen LogP contribution in [0.1, 0.15) is 57.8 Å². The van der Waals surface area contributed by atoms with Gasteiger partial charge in [-0.3, -0.25) is 9.69 Å². The maximum Gasteiger partial charge on any atom is 0.234 e. The van der Waals surface area contributed by atoms with Crippen molar-refractivity contribution in [1.82, 2.24) is 15.5 Å². The average Bonchev–Trinajstić information content (AvgIpc) is 2.61. The number of carbonyl (C=O) groups excluding carboxylic acids is 1. The fourth-order valence-corrected chi connectivity index (χ4v) is 4.06. The van der Waals surface area contributed by atoms with E-state index in [1.165, 1.54) is 57.8 Å². The van der Waals surface area contributed by atoms with Gasteiger partial charge in [0.25, 0.3) is 0 Å². The molecule has 20 heavy (non-hydrogen) atoms. The van der Waals surface area contributed by atoms with E-state index < -0.39 is 0 Å². The van der Waals surface area contributed by atoms with E-state index in [2.05, 4.69) is 15.5 Å². The number of carbonyl (C=O) groups is 1. The molecule has 0 aromatic carbocycles. The molecule has 2 atom stereocenters. The number of fused-ring (bicyclic) bond motifs is 2. The molecule has 1 aliphatic carbocycles. The molecule has 2 unspecified atom stereocenters. The highest BCUT2D eigenvalue weighted by Crippen LogP contribution is 2.20. The second kappa shape index (κ2) is 6.90. The first-order valence-corrected chi connectivity index (χ1v) is 8.57. The Hall–Kier alpha value is -0.610. The predicted octanol–water partition coefficient (Wildman–Crippen LogP) is 1.65. The zero-order valence-electron chi connectivity index (χ0n) is 12.6. The summed E-state index contributed by atoms with van der Waals surface area (Å²) in [4.78, 5) is 14.6. The highest BCUT2D eigenvalue weighted by Gasteiger charge is 2.30. The standard InChI is InChI=1S/C16H29N3O/c20-16(18-13-5-3-1-2-4-6-13)12-19-10-9-14-7-8-15(11-19)17-14/h13-15,17H,1-12H2,(H,18,20). The number of hydrogen-bond donors (Lipinski definition) is 2. The molecular formula is C16H29N3O. The lowest BCUT2D eigenvalue weighted by molar-refractivity contribution is -0.123. The van der Waals surface area contributed by atoms with Crippen molar-refractivity contribution in [2.24, 2.45) is 0 Å². The Morgan fingerprint density at radius 3 is 2.55 bits per heavy atom. The first-order valence-electron chi connectivity index (χ1n) is 8.57. The van der Waals surface area contributed by atoms with Crippen molar-refractivity contribution in [3.05, 3.63) is 0 Å². The van der Waals surface area contributed by atoms with Crippen molar-refractivity contribution >= 4 is 5.91 Å². The van der Waals surface area contributed by atoms with Gasteiger partial charge in [-0.05, 0) is 32.1 Å². The molecule has 2 N–H and O–H groups in total. The highest BCUT2D eigenvalue weighted by atomic mass is 16.2. The smallest absolute Gasteiger partial charge is 0.234 e. The van der Waals surface area contributed by atoms with E-state index >= 15 is 0 Å². The third kappa shape index (κ3) is 3.95. The predicted molar refractivity (Wildman–Crippen MR) is 80.6 cm³/mol. The van der Waals surface area contributed by atoms with Gasteiger partial charge >= 0.3 is 0 Å². The molecule has 1 amide bonds. The molecular weight excluding hydrogens is 250 g/mol. The van der Waals surface area contributed by atoms with Crippen LogP contribution in [0.15, 0.2) is 0 Å². The van der Waals surface area contributed by atoms with E-state index in [4.69, 9.17) is 0 Å². The zero-order valence-corrected chi connectivity index (χ0v) is 12.6. The minimum atomic E-state index is 0.245. The molecule has 2 heterocycles. The molecule has 1 saturated carbocycles. The van der Waals surface area contributed by atoms with Crippen molar-refractivity contribution in [3.63, 3.8) is 0 Å². The van der Waals surface area contributed by atoms with Crippen LogP contribution in [0.3, 0.4) is 0 Å². The van der Waals surface area contributed by atoms with E-state index in [0.29, 0.717) is 24.7 Å². The van der Waals surface area contributed by atoms with Crippen molar-refractivity contribution in [3.8, 4) is 0 Å². The van der Waals surface area contributed by atoms with Crippen LogP contribution in [-0.2, 0) is 4.79 Å². The third-order valence-electron chi connectivity index (χ3n) is 5.19. The Morgan fingerprint density at radius 1 is 1.00 bits per heavy atom. The third-order valence-corrected chi connectivity index (χ3v) is 5.19. The van der Waals surface area contributed by atoms with Crippen LogP contribution in [-0.4, -0.2) is 48.6 Å². The molecule has 0 spiro atoms. The number of likely N-dealkylation sites (tertiary alicyclic amines) is 1. The summed E-state index contributed by atoms with van der Waals surface area (Å²) in [6.07, 6.45) is 11.4. The molecule has 0 radical (unpaired) electrons. The fourth-order valence-electron chi connectivity index (χ4n) is 4.06. The van der Waals surface area contributed by atoms with Gasteiger partial charge in [-0.1, -0.05) is 25.7 Å². The van der Waals surface area contributed by atoms with E-state index in [-0.39, 0.29) is 5.91 Å². The SMILES string of the molecule is O=C(CN1CCC2CCC(C1)N2)NC1CCCCCC1. The molecule has 2 saturated heterocycles. The molecule has 0 aromatic heterocycles. The number of hydrogen-bond acceptors (Lipinski definition) is 3. The molecule has 3 aliphatic rings. The van der Waals surface area contributed by atoms with Gasteiger partial charge < -0.3 is 10.6 Å². The molecule has 4 heteroatoms. The summed E-state index contributed by atoms with van der Waals surface area (Å²) < 4.78 is 0. The summed E-state index contributed by atoms with van der Waals surface area (Å²) in [6, 6.07) is 1.76. The van der Waals surface area contributed by atoms with Crippen molar-refractivity contribution in [2.45, 2.75) is 75.9 Å². The summed E-state index contributed by atoms with van der Waals surface area (Å²) in [6.45, 7) is 2.72. The monoisotopic (exact) mass is 279 g/mol. The fraction of sp³-hybridized carbons (Fsp3) is 0.938. The van der Waals surface area contributed by atoms with Gasteiger partial charge in [-0.2, -0.15) is 0 Å². The van der Waals surface area contributed by atoms with Crippen LogP contribution in [0.5, 0.6) is 0 Å². The Morgan fingerprint density at radius 2 is 1.75 bits per heavy atom. The van der Waals surface area contributed by atoms with Gasteiger partial charge in [0.05, 0.1) is 6.54 Å². The Kier molecular flexibility index (Phi) is 4.94. The van der Waals surface area contributed by atoms with Crippen LogP contribution in [0.25, 0.3) is 0 Å². The van der Waals surface area contributed by atoms with Crippen molar-refractivity contribution in [2.75, 3.05) is 19.6 Å². The summed E-state index contributed by atoms with van der Waals surface area (Å²) in [5, 5.41) is 6.94. The number of rotatable bonds is 3. The normalized spacial score (nSPS) is 32.6. The van der Waals surface area contributed by atoms with Gasteiger partial charge in [0, 0.05) is 31.2 Å². The van der Waals surface area contributed by atoms with Gasteiger partial charge in [-0.15, -0.1) is 0 Å². The van der Waals surface area contributed by atoms with Crippen LogP contribution >= 0.6 is 0 Å². The first kappa shape index (κ1) is 14.3. The van der Waals surface area contributed by atoms with Crippen molar-refractivity contribution in [1.29, 1.82) is 0 Å². The van der Waals surface area contributed by atoms with E-state index in [1.807, 2.05) is 0 Å². The lowest BCUT2D eigenvalue weighted by atomic mass is 10.1. The van der Waals surface area contributed by atoms with Gasteiger partial charge in [0.2, 0.25) is 5.91 Å². The Bertz CT molecular complexity index is 326. The molecule has 4 nitrogen and oxygen atoms in total.